The topological polar surface area (TPSA) is 93.4 Å². The quantitative estimate of drug-likeness (QED) is 0.612. The third-order valence-corrected chi connectivity index (χ3v) is 5.00. The van der Waals surface area contributed by atoms with E-state index >= 15 is 0 Å². The zero-order valence-corrected chi connectivity index (χ0v) is 12.8. The molecule has 0 amide bonds. The smallest absolute Gasteiger partial charge is 0.209 e. The fourth-order valence-corrected chi connectivity index (χ4v) is 3.40. The average molecular weight is 294 g/mol. The van der Waals surface area contributed by atoms with Crippen LogP contribution in [-0.2, 0) is 0 Å². The monoisotopic (exact) mass is 294 g/mol. The van der Waals surface area contributed by atoms with E-state index in [9.17, 15) is 0 Å². The fourth-order valence-electron chi connectivity index (χ4n) is 2.52. The van der Waals surface area contributed by atoms with Gasteiger partial charge in [-0.15, -0.1) is 5.10 Å². The van der Waals surface area contributed by atoms with E-state index in [-0.39, 0.29) is 0 Å². The Morgan fingerprint density at radius 1 is 1.50 bits per heavy atom. The number of aromatic nitrogens is 4. The standard InChI is InChI=1S/C13H22N6S/c1-2-13(15,10-14)8-5-9-20-12-16-17-18-19(12)11-6-3-4-7-11/h11H,2-9,15H2,1H3. The van der Waals surface area contributed by atoms with Gasteiger partial charge in [0.1, 0.15) is 5.54 Å². The highest BCUT2D eigenvalue weighted by Gasteiger charge is 2.23. The molecule has 7 heteroatoms. The predicted molar refractivity (Wildman–Crippen MR) is 78.1 cm³/mol. The number of nitrogens with zero attached hydrogens (tertiary/aromatic N) is 5. The SMILES string of the molecule is CCC(N)(C#N)CCCSc1nnnn1C1CCCC1. The Morgan fingerprint density at radius 2 is 2.25 bits per heavy atom. The molecular weight excluding hydrogens is 272 g/mol. The van der Waals surface area contributed by atoms with Crippen LogP contribution in [0, 0.1) is 11.3 Å². The summed E-state index contributed by atoms with van der Waals surface area (Å²) >= 11 is 1.66. The van der Waals surface area contributed by atoms with Crippen LogP contribution in [0.25, 0.3) is 0 Å². The molecule has 0 radical (unpaired) electrons. The van der Waals surface area contributed by atoms with Crippen LogP contribution in [0.5, 0.6) is 0 Å². The molecule has 1 saturated carbocycles. The molecule has 110 valence electrons. The molecule has 1 heterocycles. The first-order chi connectivity index (χ1) is 9.68. The van der Waals surface area contributed by atoms with E-state index in [0.29, 0.717) is 12.5 Å². The maximum Gasteiger partial charge on any atom is 0.209 e. The van der Waals surface area contributed by atoms with Crippen molar-refractivity contribution in [2.75, 3.05) is 5.75 Å². The van der Waals surface area contributed by atoms with E-state index in [1.807, 2.05) is 11.6 Å². The Labute approximate surface area is 124 Å². The highest BCUT2D eigenvalue weighted by atomic mass is 32.2. The van der Waals surface area contributed by atoms with Crippen molar-refractivity contribution in [3.8, 4) is 6.07 Å². The minimum Gasteiger partial charge on any atom is -0.313 e. The van der Waals surface area contributed by atoms with E-state index in [2.05, 4.69) is 21.6 Å². The van der Waals surface area contributed by atoms with Gasteiger partial charge in [0.15, 0.2) is 0 Å². The van der Waals surface area contributed by atoms with Crippen LogP contribution in [0.4, 0.5) is 0 Å². The van der Waals surface area contributed by atoms with Gasteiger partial charge in [-0.25, -0.2) is 4.68 Å². The molecule has 1 aliphatic carbocycles. The summed E-state index contributed by atoms with van der Waals surface area (Å²) in [7, 11) is 0. The van der Waals surface area contributed by atoms with Crippen molar-refractivity contribution in [3.63, 3.8) is 0 Å². The van der Waals surface area contributed by atoms with E-state index < -0.39 is 5.54 Å². The number of rotatable bonds is 7. The van der Waals surface area contributed by atoms with Crippen LogP contribution in [-0.4, -0.2) is 31.5 Å². The molecule has 0 bridgehead atoms. The molecule has 1 fully saturated rings. The molecule has 0 saturated heterocycles. The van der Waals surface area contributed by atoms with Crippen molar-refractivity contribution in [1.29, 1.82) is 5.26 Å². The lowest BCUT2D eigenvalue weighted by Gasteiger charge is -2.18. The molecule has 20 heavy (non-hydrogen) atoms. The van der Waals surface area contributed by atoms with Crippen LogP contribution in [0.15, 0.2) is 5.16 Å². The molecule has 0 aromatic carbocycles. The van der Waals surface area contributed by atoms with Gasteiger partial charge in [0.2, 0.25) is 5.16 Å². The number of thioether (sulfide) groups is 1. The molecule has 0 spiro atoms. The zero-order valence-electron chi connectivity index (χ0n) is 12.0. The molecule has 1 atom stereocenters. The second-order valence-electron chi connectivity index (χ2n) is 5.42. The van der Waals surface area contributed by atoms with Crippen molar-refractivity contribution in [3.05, 3.63) is 0 Å². The largest absolute Gasteiger partial charge is 0.313 e. The average Bonchev–Trinajstić information content (AvgIpc) is 3.13. The van der Waals surface area contributed by atoms with Crippen molar-refractivity contribution < 1.29 is 0 Å². The molecule has 2 rings (SSSR count). The summed E-state index contributed by atoms with van der Waals surface area (Å²) in [6.45, 7) is 1.96. The Kier molecular flexibility index (Phi) is 5.38. The van der Waals surface area contributed by atoms with Gasteiger partial charge in [0.25, 0.3) is 0 Å². The van der Waals surface area contributed by atoms with Gasteiger partial charge in [-0.1, -0.05) is 31.5 Å². The number of hydrogen-bond donors (Lipinski definition) is 1. The Bertz CT molecular complexity index is 462. The lowest BCUT2D eigenvalue weighted by atomic mass is 9.94. The van der Waals surface area contributed by atoms with Crippen molar-refractivity contribution >= 4 is 11.8 Å². The van der Waals surface area contributed by atoms with Gasteiger partial charge >= 0.3 is 0 Å². The Balaban J connectivity index is 1.80. The first-order valence-corrected chi connectivity index (χ1v) is 8.28. The first kappa shape index (κ1) is 15.3. The van der Waals surface area contributed by atoms with Gasteiger partial charge in [0, 0.05) is 5.75 Å². The van der Waals surface area contributed by atoms with E-state index in [1.165, 1.54) is 25.7 Å². The normalized spacial score (nSPS) is 18.9. The summed E-state index contributed by atoms with van der Waals surface area (Å²) < 4.78 is 1.97. The maximum atomic E-state index is 9.04. The molecule has 2 N–H and O–H groups in total. The molecular formula is C13H22N6S. The van der Waals surface area contributed by atoms with E-state index in [1.54, 1.807) is 11.8 Å². The second-order valence-corrected chi connectivity index (χ2v) is 6.48. The third-order valence-electron chi connectivity index (χ3n) is 3.99. The van der Waals surface area contributed by atoms with Crippen LogP contribution < -0.4 is 5.73 Å². The van der Waals surface area contributed by atoms with Gasteiger partial charge in [0.05, 0.1) is 12.1 Å². The molecule has 0 aliphatic heterocycles. The van der Waals surface area contributed by atoms with Crippen LogP contribution in [0.1, 0.15) is 57.9 Å². The number of nitriles is 1. The third kappa shape index (κ3) is 3.70. The summed E-state index contributed by atoms with van der Waals surface area (Å²) in [5, 5.41) is 21.9. The summed E-state index contributed by atoms with van der Waals surface area (Å²) in [6.07, 6.45) is 7.20. The zero-order chi connectivity index (χ0) is 14.4. The van der Waals surface area contributed by atoms with Crippen LogP contribution >= 0.6 is 11.8 Å². The van der Waals surface area contributed by atoms with Gasteiger partial charge in [-0.05, 0) is 42.5 Å². The van der Waals surface area contributed by atoms with Crippen molar-refractivity contribution in [2.24, 2.45) is 5.73 Å². The lowest BCUT2D eigenvalue weighted by Crippen LogP contribution is -2.37. The molecule has 6 nitrogen and oxygen atoms in total. The molecule has 1 aromatic rings. The van der Waals surface area contributed by atoms with E-state index in [4.69, 9.17) is 11.0 Å². The van der Waals surface area contributed by atoms with Crippen LogP contribution in [0.3, 0.4) is 0 Å². The lowest BCUT2D eigenvalue weighted by molar-refractivity contribution is 0.422. The predicted octanol–water partition coefficient (Wildman–Crippen LogP) is 2.29. The van der Waals surface area contributed by atoms with Gasteiger partial charge in [-0.3, -0.25) is 0 Å². The highest BCUT2D eigenvalue weighted by molar-refractivity contribution is 7.99. The summed E-state index contributed by atoms with van der Waals surface area (Å²) in [5.74, 6) is 0.897. The summed E-state index contributed by atoms with van der Waals surface area (Å²) in [6, 6.07) is 2.67. The Morgan fingerprint density at radius 3 is 2.90 bits per heavy atom. The summed E-state index contributed by atoms with van der Waals surface area (Å²) in [4.78, 5) is 0. The molecule has 1 unspecified atom stereocenters. The van der Waals surface area contributed by atoms with Gasteiger partial charge in [-0.2, -0.15) is 5.26 Å². The minimum absolute atomic E-state index is 0.468. The van der Waals surface area contributed by atoms with Crippen molar-refractivity contribution in [2.45, 2.75) is 68.6 Å². The molecule has 1 aliphatic rings. The minimum atomic E-state index is -0.683. The number of nitrogens with two attached hydrogens (primary N) is 1. The van der Waals surface area contributed by atoms with E-state index in [0.717, 1.165) is 23.8 Å². The van der Waals surface area contributed by atoms with Crippen LogP contribution in [0.2, 0.25) is 0 Å². The number of tetrazole rings is 1. The molecule has 1 aromatic heterocycles. The maximum absolute atomic E-state index is 9.04. The fraction of sp³-hybridized carbons (Fsp3) is 0.846. The second kappa shape index (κ2) is 7.04. The first-order valence-electron chi connectivity index (χ1n) is 7.29. The van der Waals surface area contributed by atoms with Crippen molar-refractivity contribution in [1.82, 2.24) is 20.2 Å². The Hall–Kier alpha value is -1.13. The summed E-state index contributed by atoms with van der Waals surface area (Å²) in [5.41, 5.74) is 5.29. The number of hydrogen-bond acceptors (Lipinski definition) is 6. The van der Waals surface area contributed by atoms with Gasteiger partial charge < -0.3 is 5.73 Å². The highest BCUT2D eigenvalue weighted by Crippen LogP contribution is 2.31.